The summed E-state index contributed by atoms with van der Waals surface area (Å²) >= 11 is 0. The van der Waals surface area contributed by atoms with E-state index < -0.39 is 11.7 Å². The number of anilines is 1. The van der Waals surface area contributed by atoms with Crippen LogP contribution in [0.15, 0.2) is 24.5 Å². The van der Waals surface area contributed by atoms with Crippen molar-refractivity contribution in [2.24, 2.45) is 0 Å². The smallest absolute Gasteiger partial charge is 0.275 e. The number of aromatic nitrogens is 3. The average Bonchev–Trinajstić information content (AvgIpc) is 2.65. The van der Waals surface area contributed by atoms with Crippen LogP contribution >= 0.6 is 0 Å². The molecule has 0 fully saturated rings. The first-order chi connectivity index (χ1) is 7.66. The SMILES string of the molecule is Cc1cn[nH]c1NC(=O)c1ccc(F)cn1. The zero-order valence-electron chi connectivity index (χ0n) is 8.49. The standard InChI is InChI=1S/C10H9FN4O/c1-6-4-13-15-9(6)14-10(16)8-3-2-7(11)5-12-8/h2-5H,1H3,(H2,13,14,15,16). The summed E-state index contributed by atoms with van der Waals surface area (Å²) in [6, 6.07) is 2.50. The summed E-state index contributed by atoms with van der Waals surface area (Å²) in [7, 11) is 0. The summed E-state index contributed by atoms with van der Waals surface area (Å²) in [5.41, 5.74) is 0.964. The molecule has 2 aromatic heterocycles. The van der Waals surface area contributed by atoms with Crippen LogP contribution in [0.4, 0.5) is 10.2 Å². The Hall–Kier alpha value is -2.24. The van der Waals surface area contributed by atoms with Gasteiger partial charge in [-0.05, 0) is 19.1 Å². The number of aromatic amines is 1. The molecule has 0 aliphatic carbocycles. The second kappa shape index (κ2) is 4.09. The van der Waals surface area contributed by atoms with Crippen LogP contribution in [0.25, 0.3) is 0 Å². The number of aryl methyl sites for hydroxylation is 1. The monoisotopic (exact) mass is 220 g/mol. The van der Waals surface area contributed by atoms with Crippen LogP contribution in [0.3, 0.4) is 0 Å². The lowest BCUT2D eigenvalue weighted by atomic mass is 10.3. The van der Waals surface area contributed by atoms with Gasteiger partial charge in [-0.2, -0.15) is 5.10 Å². The van der Waals surface area contributed by atoms with Crippen molar-refractivity contribution < 1.29 is 9.18 Å². The molecule has 0 spiro atoms. The molecule has 0 saturated carbocycles. The topological polar surface area (TPSA) is 70.7 Å². The van der Waals surface area contributed by atoms with Crippen molar-refractivity contribution in [3.8, 4) is 0 Å². The molecule has 2 rings (SSSR count). The van der Waals surface area contributed by atoms with E-state index in [1.807, 2.05) is 0 Å². The third kappa shape index (κ3) is 2.05. The van der Waals surface area contributed by atoms with E-state index in [0.29, 0.717) is 5.82 Å². The molecular weight excluding hydrogens is 211 g/mol. The van der Waals surface area contributed by atoms with Crippen LogP contribution in [0.1, 0.15) is 16.1 Å². The lowest BCUT2D eigenvalue weighted by molar-refractivity contribution is 0.102. The van der Waals surface area contributed by atoms with Gasteiger partial charge in [0.2, 0.25) is 0 Å². The highest BCUT2D eigenvalue weighted by Crippen LogP contribution is 2.09. The number of pyridine rings is 1. The maximum Gasteiger partial charge on any atom is 0.275 e. The van der Waals surface area contributed by atoms with E-state index in [1.165, 1.54) is 12.1 Å². The molecule has 16 heavy (non-hydrogen) atoms. The molecule has 6 heteroatoms. The van der Waals surface area contributed by atoms with Gasteiger partial charge in [-0.15, -0.1) is 0 Å². The highest BCUT2D eigenvalue weighted by atomic mass is 19.1. The van der Waals surface area contributed by atoms with Crippen LogP contribution in [-0.4, -0.2) is 21.1 Å². The lowest BCUT2D eigenvalue weighted by Crippen LogP contribution is -2.14. The molecule has 0 radical (unpaired) electrons. The highest BCUT2D eigenvalue weighted by molar-refractivity contribution is 6.02. The predicted molar refractivity (Wildman–Crippen MR) is 55.5 cm³/mol. The van der Waals surface area contributed by atoms with Crippen molar-refractivity contribution in [1.29, 1.82) is 0 Å². The van der Waals surface area contributed by atoms with Gasteiger partial charge in [0.25, 0.3) is 5.91 Å². The largest absolute Gasteiger partial charge is 0.305 e. The van der Waals surface area contributed by atoms with Crippen molar-refractivity contribution in [1.82, 2.24) is 15.2 Å². The van der Waals surface area contributed by atoms with Gasteiger partial charge in [-0.3, -0.25) is 9.89 Å². The molecule has 5 nitrogen and oxygen atoms in total. The van der Waals surface area contributed by atoms with Gasteiger partial charge in [0.1, 0.15) is 17.3 Å². The van der Waals surface area contributed by atoms with Gasteiger partial charge < -0.3 is 5.32 Å². The number of rotatable bonds is 2. The summed E-state index contributed by atoms with van der Waals surface area (Å²) in [6.07, 6.45) is 2.59. The van der Waals surface area contributed by atoms with Gasteiger partial charge >= 0.3 is 0 Å². The van der Waals surface area contributed by atoms with Crippen LogP contribution in [0.5, 0.6) is 0 Å². The van der Waals surface area contributed by atoms with Crippen molar-refractivity contribution in [3.05, 3.63) is 41.6 Å². The predicted octanol–water partition coefficient (Wildman–Crippen LogP) is 1.50. The zero-order chi connectivity index (χ0) is 11.5. The molecule has 0 bridgehead atoms. The molecule has 0 atom stereocenters. The summed E-state index contributed by atoms with van der Waals surface area (Å²) in [6.45, 7) is 1.80. The van der Waals surface area contributed by atoms with E-state index in [2.05, 4.69) is 20.5 Å². The first kappa shape index (κ1) is 10.3. The Kier molecular flexibility index (Phi) is 2.63. The first-order valence-corrected chi connectivity index (χ1v) is 4.59. The fourth-order valence-corrected chi connectivity index (χ4v) is 1.16. The van der Waals surface area contributed by atoms with Crippen LogP contribution < -0.4 is 5.32 Å². The van der Waals surface area contributed by atoms with E-state index in [-0.39, 0.29) is 5.69 Å². The minimum Gasteiger partial charge on any atom is -0.305 e. The van der Waals surface area contributed by atoms with Crippen LogP contribution in [0, 0.1) is 12.7 Å². The number of hydrogen-bond acceptors (Lipinski definition) is 3. The Morgan fingerprint density at radius 3 is 2.81 bits per heavy atom. The van der Waals surface area contributed by atoms with Gasteiger partial charge in [0.05, 0.1) is 12.4 Å². The maximum absolute atomic E-state index is 12.6. The molecular formula is C10H9FN4O. The summed E-state index contributed by atoms with van der Waals surface area (Å²) < 4.78 is 12.6. The number of carbonyl (C=O) groups excluding carboxylic acids is 1. The van der Waals surface area contributed by atoms with Crippen molar-refractivity contribution in [3.63, 3.8) is 0 Å². The fourth-order valence-electron chi connectivity index (χ4n) is 1.16. The summed E-state index contributed by atoms with van der Waals surface area (Å²) in [5.74, 6) is -0.377. The molecule has 2 aromatic rings. The number of hydrogen-bond donors (Lipinski definition) is 2. The van der Waals surface area contributed by atoms with E-state index in [1.54, 1.807) is 13.1 Å². The molecule has 2 heterocycles. The van der Waals surface area contributed by atoms with E-state index in [4.69, 9.17) is 0 Å². The molecule has 82 valence electrons. The lowest BCUT2D eigenvalue weighted by Gasteiger charge is -2.02. The average molecular weight is 220 g/mol. The third-order valence-electron chi connectivity index (χ3n) is 2.03. The molecule has 0 aromatic carbocycles. The molecule has 2 N–H and O–H groups in total. The van der Waals surface area contributed by atoms with Crippen LogP contribution in [0.2, 0.25) is 0 Å². The van der Waals surface area contributed by atoms with Gasteiger partial charge in [-0.1, -0.05) is 0 Å². The highest BCUT2D eigenvalue weighted by Gasteiger charge is 2.09. The van der Waals surface area contributed by atoms with Crippen molar-refractivity contribution in [2.75, 3.05) is 5.32 Å². The number of amides is 1. The zero-order valence-corrected chi connectivity index (χ0v) is 8.49. The Bertz CT molecular complexity index is 506. The Labute approximate surface area is 90.7 Å². The number of carbonyl (C=O) groups is 1. The Morgan fingerprint density at radius 2 is 2.25 bits per heavy atom. The summed E-state index contributed by atoms with van der Waals surface area (Å²) in [5, 5.41) is 8.98. The van der Waals surface area contributed by atoms with E-state index >= 15 is 0 Å². The minimum atomic E-state index is -0.478. The second-order valence-electron chi connectivity index (χ2n) is 3.24. The molecule has 0 saturated heterocycles. The molecule has 0 unspecified atom stereocenters. The van der Waals surface area contributed by atoms with Gasteiger partial charge in [0.15, 0.2) is 0 Å². The van der Waals surface area contributed by atoms with Gasteiger partial charge in [-0.25, -0.2) is 9.37 Å². The third-order valence-corrected chi connectivity index (χ3v) is 2.03. The Balaban J connectivity index is 2.15. The van der Waals surface area contributed by atoms with Gasteiger partial charge in [0, 0.05) is 5.56 Å². The Morgan fingerprint density at radius 1 is 1.44 bits per heavy atom. The van der Waals surface area contributed by atoms with Crippen molar-refractivity contribution in [2.45, 2.75) is 6.92 Å². The van der Waals surface area contributed by atoms with E-state index in [9.17, 15) is 9.18 Å². The van der Waals surface area contributed by atoms with Crippen LogP contribution in [-0.2, 0) is 0 Å². The minimum absolute atomic E-state index is 0.149. The first-order valence-electron chi connectivity index (χ1n) is 4.59. The van der Waals surface area contributed by atoms with Crippen molar-refractivity contribution >= 4 is 11.7 Å². The maximum atomic E-state index is 12.6. The summed E-state index contributed by atoms with van der Waals surface area (Å²) in [4.78, 5) is 15.3. The number of nitrogens with one attached hydrogen (secondary N) is 2. The van der Waals surface area contributed by atoms with E-state index in [0.717, 1.165) is 11.8 Å². The number of H-pyrrole nitrogens is 1. The number of nitrogens with zero attached hydrogens (tertiary/aromatic N) is 2. The molecule has 0 aliphatic rings. The normalized spacial score (nSPS) is 10.1. The molecule has 1 amide bonds. The second-order valence-corrected chi connectivity index (χ2v) is 3.24. The fraction of sp³-hybridized carbons (Fsp3) is 0.100. The molecule has 0 aliphatic heterocycles. The quantitative estimate of drug-likeness (QED) is 0.805. The number of halogens is 1.